The van der Waals surface area contributed by atoms with E-state index >= 15 is 0 Å². The molecule has 1 N–H and O–H groups in total. The van der Waals surface area contributed by atoms with Gasteiger partial charge in [0.15, 0.2) is 0 Å². The summed E-state index contributed by atoms with van der Waals surface area (Å²) in [6, 6.07) is 0. The molecule has 17 heavy (non-hydrogen) atoms. The van der Waals surface area contributed by atoms with Crippen molar-refractivity contribution in [1.82, 2.24) is 0 Å². The number of rotatable bonds is 10. The van der Waals surface area contributed by atoms with Gasteiger partial charge in [-0.1, -0.05) is 46.9 Å². The van der Waals surface area contributed by atoms with Crippen LogP contribution < -0.4 is 0 Å². The van der Waals surface area contributed by atoms with Crippen molar-refractivity contribution >= 4 is 18.7 Å². The Morgan fingerprint density at radius 2 is 1.29 bits per heavy atom. The van der Waals surface area contributed by atoms with Gasteiger partial charge in [-0.3, -0.25) is 0 Å². The van der Waals surface area contributed by atoms with Crippen molar-refractivity contribution in [1.29, 1.82) is 0 Å². The molecule has 0 fully saturated rings. The van der Waals surface area contributed by atoms with Crippen LogP contribution in [0.1, 0.15) is 59.3 Å². The Labute approximate surface area is 107 Å². The first-order valence-electron chi connectivity index (χ1n) is 7.04. The lowest BCUT2D eigenvalue weighted by molar-refractivity contribution is -0.128. The Morgan fingerprint density at radius 3 is 1.53 bits per heavy atom. The average Bonchev–Trinajstić information content (AvgIpc) is 2.30. The van der Waals surface area contributed by atoms with E-state index in [4.69, 9.17) is 5.11 Å². The monoisotopic (exact) mass is 260 g/mol. The van der Waals surface area contributed by atoms with Gasteiger partial charge >= 0.3 is 5.97 Å². The Bertz CT molecular complexity index is 230. The first-order valence-corrected chi connectivity index (χ1v) is 9.46. The number of carboxylic acids is 1. The van der Waals surface area contributed by atoms with Gasteiger partial charge in [-0.2, -0.15) is 0 Å². The predicted molar refractivity (Wildman–Crippen MR) is 79.9 cm³/mol. The molecule has 0 aromatic rings. The number of unbranched alkanes of at least 4 members (excludes halogenated alkanes) is 3. The van der Waals surface area contributed by atoms with Crippen LogP contribution >= 0.6 is 6.89 Å². The minimum atomic E-state index is -1.33. The minimum Gasteiger partial charge on any atom is -0.478 e. The van der Waals surface area contributed by atoms with E-state index in [1.807, 2.05) is 0 Å². The van der Waals surface area contributed by atoms with E-state index in [-0.39, 0.29) is 0 Å². The van der Waals surface area contributed by atoms with E-state index in [1.165, 1.54) is 38.5 Å². The molecule has 0 aliphatic carbocycles. The third-order valence-electron chi connectivity index (χ3n) is 3.26. The maximum atomic E-state index is 11.1. The molecule has 0 aromatic heterocycles. The summed E-state index contributed by atoms with van der Waals surface area (Å²) >= 11 is 0. The van der Waals surface area contributed by atoms with E-state index < -0.39 is 12.9 Å². The number of carbonyl (C=O) groups is 1. The molecule has 102 valence electrons. The molecule has 0 aliphatic rings. The van der Waals surface area contributed by atoms with Crippen LogP contribution in [-0.4, -0.2) is 35.4 Å². The van der Waals surface area contributed by atoms with Gasteiger partial charge in [-0.25, -0.2) is 4.79 Å². The molecular weight excluding hydrogens is 231 g/mol. The van der Waals surface area contributed by atoms with E-state index in [2.05, 4.69) is 20.8 Å². The van der Waals surface area contributed by atoms with Crippen molar-refractivity contribution in [2.24, 2.45) is 0 Å². The van der Waals surface area contributed by atoms with E-state index in [9.17, 15) is 4.79 Å². The molecular formula is C14H29O2P. The number of aliphatic carboxylic acids is 1. The molecule has 0 unspecified atom stereocenters. The summed E-state index contributed by atoms with van der Waals surface area (Å²) in [5.74, 6) is 1.01. The smallest absolute Gasteiger partial charge is 0.328 e. The molecule has 0 rings (SSSR count). The first-order chi connectivity index (χ1) is 8.10. The van der Waals surface area contributed by atoms with Crippen LogP contribution in [0.3, 0.4) is 0 Å². The van der Waals surface area contributed by atoms with Gasteiger partial charge in [-0.05, 0) is 37.7 Å². The van der Waals surface area contributed by atoms with Crippen LogP contribution in [-0.2, 0) is 4.79 Å². The van der Waals surface area contributed by atoms with Crippen LogP contribution in [0.25, 0.3) is 0 Å². The molecule has 0 saturated heterocycles. The lowest BCUT2D eigenvalue weighted by Crippen LogP contribution is -2.09. The maximum absolute atomic E-state index is 11.1. The van der Waals surface area contributed by atoms with Crippen molar-refractivity contribution < 1.29 is 9.90 Å². The van der Waals surface area contributed by atoms with Crippen molar-refractivity contribution in [3.63, 3.8) is 0 Å². The second-order valence-electron chi connectivity index (χ2n) is 4.92. The van der Waals surface area contributed by atoms with Crippen LogP contribution in [0.5, 0.6) is 0 Å². The fraction of sp³-hybridized carbons (Fsp3) is 0.857. The first kappa shape index (κ1) is 16.8. The van der Waals surface area contributed by atoms with E-state index in [1.54, 1.807) is 5.80 Å². The summed E-state index contributed by atoms with van der Waals surface area (Å²) in [6.07, 6.45) is 10.5. The normalized spacial score (nSPS) is 11.5. The molecule has 0 spiro atoms. The molecule has 0 saturated carbocycles. The molecule has 0 amide bonds. The van der Waals surface area contributed by atoms with Crippen LogP contribution in [0.15, 0.2) is 0 Å². The highest BCUT2D eigenvalue weighted by Gasteiger charge is 2.17. The Hall–Kier alpha value is -0.230. The fourth-order valence-electron chi connectivity index (χ4n) is 2.18. The molecule has 0 bridgehead atoms. The van der Waals surface area contributed by atoms with Gasteiger partial charge in [0.25, 0.3) is 0 Å². The Kier molecular flexibility index (Phi) is 9.63. The molecule has 0 radical (unpaired) electrons. The van der Waals surface area contributed by atoms with Crippen molar-refractivity contribution in [2.75, 3.05) is 18.5 Å². The average molecular weight is 260 g/mol. The summed E-state index contributed by atoms with van der Waals surface area (Å²) in [4.78, 5) is 11.1. The van der Waals surface area contributed by atoms with Crippen molar-refractivity contribution in [3.05, 3.63) is 0 Å². The molecule has 0 aromatic carbocycles. The molecule has 2 nitrogen and oxygen atoms in total. The highest BCUT2D eigenvalue weighted by molar-refractivity contribution is 7.76. The van der Waals surface area contributed by atoms with Gasteiger partial charge in [0.2, 0.25) is 0 Å². The second kappa shape index (κ2) is 9.76. The highest BCUT2D eigenvalue weighted by Crippen LogP contribution is 2.49. The zero-order valence-corrected chi connectivity index (χ0v) is 12.6. The zero-order valence-electron chi connectivity index (χ0n) is 11.7. The molecule has 0 heterocycles. The molecule has 3 heteroatoms. The number of hydrogen-bond acceptors (Lipinski definition) is 1. The van der Waals surface area contributed by atoms with Crippen LogP contribution in [0, 0.1) is 0 Å². The molecule has 0 atom stereocenters. The zero-order chi connectivity index (χ0) is 13.1. The van der Waals surface area contributed by atoms with Crippen LogP contribution in [0.2, 0.25) is 0 Å². The topological polar surface area (TPSA) is 37.3 Å². The number of carboxylic acid groups (broad SMARTS) is 1. The quantitative estimate of drug-likeness (QED) is 0.595. The highest BCUT2D eigenvalue weighted by atomic mass is 31.2. The third kappa shape index (κ3) is 7.65. The third-order valence-corrected chi connectivity index (χ3v) is 7.64. The number of hydrogen-bond donors (Lipinski definition) is 1. The Morgan fingerprint density at radius 1 is 0.941 bits per heavy atom. The summed E-state index contributed by atoms with van der Waals surface area (Å²) in [5, 5.41) is 9.12. The van der Waals surface area contributed by atoms with E-state index in [0.717, 1.165) is 18.5 Å². The second-order valence-corrected chi connectivity index (χ2v) is 8.95. The van der Waals surface area contributed by atoms with Gasteiger partial charge in [0.05, 0.1) is 0 Å². The SMILES string of the molecule is CCCCP(=CC(=O)O)(CCCC)CCCC. The maximum Gasteiger partial charge on any atom is 0.328 e. The standard InChI is InChI=1S/C14H29O2P/c1-4-7-10-17(11-8-5-2,12-9-6-3)13-14(15)16/h13H,4-12H2,1-3H3,(H,15,16). The van der Waals surface area contributed by atoms with Gasteiger partial charge < -0.3 is 5.11 Å². The van der Waals surface area contributed by atoms with Crippen molar-refractivity contribution in [3.8, 4) is 0 Å². The van der Waals surface area contributed by atoms with Gasteiger partial charge in [0.1, 0.15) is 0 Å². The summed E-state index contributed by atoms with van der Waals surface area (Å²) in [7, 11) is 0. The predicted octanol–water partition coefficient (Wildman–Crippen LogP) is 4.29. The lowest BCUT2D eigenvalue weighted by Gasteiger charge is -2.25. The lowest BCUT2D eigenvalue weighted by atomic mass is 10.4. The summed E-state index contributed by atoms with van der Waals surface area (Å²) < 4.78 is 0. The Balaban J connectivity index is 4.84. The van der Waals surface area contributed by atoms with Crippen molar-refractivity contribution in [2.45, 2.75) is 59.3 Å². The van der Waals surface area contributed by atoms with Gasteiger partial charge in [-0.15, -0.1) is 0 Å². The van der Waals surface area contributed by atoms with Crippen LogP contribution in [0.4, 0.5) is 0 Å². The summed E-state index contributed by atoms with van der Waals surface area (Å²) in [5.41, 5.74) is 0. The molecule has 0 aliphatic heterocycles. The largest absolute Gasteiger partial charge is 0.478 e. The fourth-order valence-corrected chi connectivity index (χ4v) is 6.55. The van der Waals surface area contributed by atoms with Gasteiger partial charge in [0, 0.05) is 5.80 Å². The summed E-state index contributed by atoms with van der Waals surface area (Å²) in [6.45, 7) is 5.24. The minimum absolute atomic E-state index is 0.693. The van der Waals surface area contributed by atoms with E-state index in [0.29, 0.717) is 0 Å².